The summed E-state index contributed by atoms with van der Waals surface area (Å²) < 4.78 is 16.7. The number of hydrazine groups is 1. The third kappa shape index (κ3) is 5.29. The number of piperazine rings is 1. The van der Waals surface area contributed by atoms with Crippen molar-refractivity contribution in [2.75, 3.05) is 20.1 Å². The zero-order chi connectivity index (χ0) is 27.2. The number of phosphoric acid groups is 1. The van der Waals surface area contributed by atoms with Crippen LogP contribution in [0.15, 0.2) is 48.0 Å². The molecule has 14 heteroatoms. The minimum atomic E-state index is -4.71. The molecule has 0 unspecified atom stereocenters. The number of hydrogen-bond donors (Lipinski definition) is 2. The van der Waals surface area contributed by atoms with Crippen molar-refractivity contribution in [3.8, 4) is 5.75 Å². The van der Waals surface area contributed by atoms with E-state index >= 15 is 0 Å². The number of likely N-dealkylation sites (N-methyl/N-ethyl adjacent to an activating group) is 1. The predicted octanol–water partition coefficient (Wildman–Crippen LogP) is 1.58. The summed E-state index contributed by atoms with van der Waals surface area (Å²) in [5.74, 6) is -0.773. The second-order valence-corrected chi connectivity index (χ2v) is 11.3. The van der Waals surface area contributed by atoms with E-state index in [-0.39, 0.29) is 43.0 Å². The third-order valence-electron chi connectivity index (χ3n) is 6.61. The number of amides is 3. The molecule has 200 valence electrons. The van der Waals surface area contributed by atoms with Crippen LogP contribution in [-0.2, 0) is 31.9 Å². The van der Waals surface area contributed by atoms with Crippen molar-refractivity contribution in [2.24, 2.45) is 0 Å². The van der Waals surface area contributed by atoms with Gasteiger partial charge in [0.1, 0.15) is 18.0 Å². The van der Waals surface area contributed by atoms with Gasteiger partial charge in [-0.1, -0.05) is 18.2 Å². The first-order chi connectivity index (χ1) is 18.0. The van der Waals surface area contributed by atoms with Crippen molar-refractivity contribution in [1.29, 1.82) is 0 Å². The van der Waals surface area contributed by atoms with Crippen molar-refractivity contribution >= 4 is 47.1 Å². The van der Waals surface area contributed by atoms with Gasteiger partial charge in [0.05, 0.1) is 28.8 Å². The van der Waals surface area contributed by atoms with Crippen LogP contribution in [0.3, 0.4) is 0 Å². The average Bonchev–Trinajstić information content (AvgIpc) is 3.29. The second-order valence-electron chi connectivity index (χ2n) is 9.28. The molecule has 1 aromatic heterocycles. The minimum Gasteiger partial charge on any atom is -0.404 e. The highest BCUT2D eigenvalue weighted by Gasteiger charge is 2.50. The molecule has 2 fully saturated rings. The number of carbonyl (C=O) groups excluding carboxylic acids is 3. The third-order valence-corrected chi connectivity index (χ3v) is 7.85. The number of nitrogens with zero attached hydrogens (tertiary/aromatic N) is 5. The number of fused-ring (bicyclic) bond motifs is 2. The molecule has 3 heterocycles. The predicted molar refractivity (Wildman–Crippen MR) is 137 cm³/mol. The van der Waals surface area contributed by atoms with Crippen LogP contribution in [0.1, 0.15) is 18.1 Å². The molecule has 0 saturated carbocycles. The topological polar surface area (TPSA) is 144 Å². The van der Waals surface area contributed by atoms with Crippen molar-refractivity contribution in [2.45, 2.75) is 32.1 Å². The lowest BCUT2D eigenvalue weighted by atomic mass is 9.98. The van der Waals surface area contributed by atoms with Crippen LogP contribution in [-0.4, -0.2) is 84.7 Å². The molecule has 2 saturated heterocycles. The van der Waals surface area contributed by atoms with Crippen molar-refractivity contribution in [3.05, 3.63) is 59.1 Å². The highest BCUT2D eigenvalue weighted by atomic mass is 32.1. The molecule has 3 aromatic rings. The van der Waals surface area contributed by atoms with Crippen LogP contribution in [0, 0.1) is 0 Å². The summed E-state index contributed by atoms with van der Waals surface area (Å²) in [6, 6.07) is 10.9. The van der Waals surface area contributed by atoms with E-state index in [1.807, 2.05) is 18.2 Å². The lowest BCUT2D eigenvalue weighted by Gasteiger charge is -2.54. The average molecular weight is 560 g/mol. The Balaban J connectivity index is 1.46. The molecular weight excluding hydrogens is 533 g/mol. The van der Waals surface area contributed by atoms with Crippen molar-refractivity contribution in [1.82, 2.24) is 24.8 Å². The van der Waals surface area contributed by atoms with Crippen LogP contribution in [0.4, 0.5) is 0 Å². The number of benzene rings is 2. The molecule has 2 aromatic carbocycles. The summed E-state index contributed by atoms with van der Waals surface area (Å²) in [6.45, 7) is 1.84. The van der Waals surface area contributed by atoms with Gasteiger partial charge >= 0.3 is 7.82 Å². The fourth-order valence-corrected chi connectivity index (χ4v) is 6.21. The van der Waals surface area contributed by atoms with Gasteiger partial charge in [-0.3, -0.25) is 29.2 Å². The Kier molecular flexibility index (Phi) is 6.97. The SMILES string of the molecule is CC(=O)N1[C@H]2CN(Cc3ccc4ncsc4c3)C(=O)[C@H](Cc3ccc(OP(=O)(O)O)cc3)N2C(=O)CN1C. The molecule has 2 aliphatic heterocycles. The Morgan fingerprint density at radius 3 is 2.55 bits per heavy atom. The number of rotatable bonds is 6. The Morgan fingerprint density at radius 2 is 1.87 bits per heavy atom. The Labute approximate surface area is 222 Å². The van der Waals surface area contributed by atoms with Crippen LogP contribution in [0.25, 0.3) is 10.2 Å². The van der Waals surface area contributed by atoms with Gasteiger partial charge in [0.25, 0.3) is 0 Å². The number of hydrogen-bond acceptors (Lipinski definition) is 8. The van der Waals surface area contributed by atoms with Crippen molar-refractivity contribution < 1.29 is 33.3 Å². The van der Waals surface area contributed by atoms with Gasteiger partial charge in [-0.2, -0.15) is 0 Å². The standard InChI is InChI=1S/C24H26N5O7PS/c1-15(30)29-22-12-27(11-17-5-8-19-21(10-17)38-14-25-19)24(32)20(28(22)23(31)13-26(29)2)9-16-3-6-18(7-4-16)36-37(33,34)35/h3-8,10,14,20,22H,9,11-13H2,1-2H3,(H2,33,34,35)/t20-,22-/m0/s1. The highest BCUT2D eigenvalue weighted by Crippen LogP contribution is 2.37. The minimum absolute atomic E-state index is 0.0200. The molecule has 5 rings (SSSR count). The van der Waals surface area contributed by atoms with Gasteiger partial charge in [-0.25, -0.2) is 14.6 Å². The van der Waals surface area contributed by atoms with Crippen LogP contribution < -0.4 is 4.52 Å². The van der Waals surface area contributed by atoms with Gasteiger partial charge in [-0.15, -0.1) is 11.3 Å². The van der Waals surface area contributed by atoms with Gasteiger partial charge in [0.15, 0.2) is 0 Å². The second kappa shape index (κ2) is 10.1. The first kappa shape index (κ1) is 26.3. The normalized spacial score (nSPS) is 20.7. The molecule has 0 radical (unpaired) electrons. The zero-order valence-corrected chi connectivity index (χ0v) is 22.3. The smallest absolute Gasteiger partial charge is 0.404 e. The maximum Gasteiger partial charge on any atom is 0.524 e. The fraction of sp³-hybridized carbons (Fsp3) is 0.333. The van der Waals surface area contributed by atoms with E-state index in [4.69, 9.17) is 9.79 Å². The molecule has 2 aliphatic rings. The lowest BCUT2D eigenvalue weighted by Crippen LogP contribution is -2.75. The van der Waals surface area contributed by atoms with E-state index in [2.05, 4.69) is 9.51 Å². The van der Waals surface area contributed by atoms with Crippen molar-refractivity contribution in [3.63, 3.8) is 0 Å². The summed E-state index contributed by atoms with van der Waals surface area (Å²) in [4.78, 5) is 65.2. The first-order valence-corrected chi connectivity index (χ1v) is 14.2. The summed E-state index contributed by atoms with van der Waals surface area (Å²) in [7, 11) is -3.04. The van der Waals surface area contributed by atoms with Crippen LogP contribution in [0.2, 0.25) is 0 Å². The fourth-order valence-electron chi connectivity index (χ4n) is 5.07. The summed E-state index contributed by atoms with van der Waals surface area (Å²) >= 11 is 1.51. The molecule has 0 aliphatic carbocycles. The molecule has 0 spiro atoms. The van der Waals surface area contributed by atoms with E-state index in [0.717, 1.165) is 15.8 Å². The van der Waals surface area contributed by atoms with E-state index in [1.54, 1.807) is 34.6 Å². The number of aromatic nitrogens is 1. The zero-order valence-electron chi connectivity index (χ0n) is 20.6. The summed E-state index contributed by atoms with van der Waals surface area (Å²) in [5, 5.41) is 3.09. The quantitative estimate of drug-likeness (QED) is 0.430. The van der Waals surface area contributed by atoms with E-state index < -0.39 is 20.0 Å². The van der Waals surface area contributed by atoms with Gasteiger partial charge in [-0.05, 0) is 35.4 Å². The monoisotopic (exact) mass is 559 g/mol. The van der Waals surface area contributed by atoms with Gasteiger partial charge in [0.2, 0.25) is 17.7 Å². The van der Waals surface area contributed by atoms with E-state index in [9.17, 15) is 18.9 Å². The Bertz CT molecular complexity index is 1440. The molecule has 0 bridgehead atoms. The Morgan fingerprint density at radius 1 is 1.16 bits per heavy atom. The largest absolute Gasteiger partial charge is 0.524 e. The van der Waals surface area contributed by atoms with Gasteiger partial charge < -0.3 is 14.3 Å². The number of phosphoric ester groups is 1. The number of thiazole rings is 1. The summed E-state index contributed by atoms with van der Waals surface area (Å²) in [5.41, 5.74) is 4.21. The number of carbonyl (C=O) groups is 3. The first-order valence-electron chi connectivity index (χ1n) is 11.8. The molecule has 2 N–H and O–H groups in total. The van der Waals surface area contributed by atoms with Gasteiger partial charge in [0, 0.05) is 26.9 Å². The molecular formula is C24H26N5O7PS. The van der Waals surface area contributed by atoms with E-state index in [0.29, 0.717) is 12.1 Å². The lowest BCUT2D eigenvalue weighted by molar-refractivity contribution is -0.201. The van der Waals surface area contributed by atoms with E-state index in [1.165, 1.54) is 40.3 Å². The maximum absolute atomic E-state index is 13.8. The van der Waals surface area contributed by atoms with Crippen LogP contribution in [0.5, 0.6) is 5.75 Å². The highest BCUT2D eigenvalue weighted by molar-refractivity contribution is 7.46. The Hall–Kier alpha value is -3.35. The molecule has 12 nitrogen and oxygen atoms in total. The maximum atomic E-state index is 13.8. The summed E-state index contributed by atoms with van der Waals surface area (Å²) in [6.07, 6.45) is -0.525. The molecule has 38 heavy (non-hydrogen) atoms. The molecule has 3 amide bonds. The van der Waals surface area contributed by atoms with Crippen LogP contribution >= 0.6 is 19.2 Å². The molecule has 2 atom stereocenters.